The highest BCUT2D eigenvalue weighted by Gasteiger charge is 2.38. The summed E-state index contributed by atoms with van der Waals surface area (Å²) < 4.78 is 0. The molecule has 0 saturated carbocycles. The molecular formula is C13H23N3O4. The molecule has 0 aromatic heterocycles. The molecule has 1 heterocycles. The molecule has 20 heavy (non-hydrogen) atoms. The topological polar surface area (TPSA) is 90.0 Å². The Hall–Kier alpha value is -1.79. The van der Waals surface area contributed by atoms with E-state index in [9.17, 15) is 14.4 Å². The number of carbonyl (C=O) groups is 3. The van der Waals surface area contributed by atoms with Crippen molar-refractivity contribution < 1.29 is 19.5 Å². The van der Waals surface area contributed by atoms with Crippen LogP contribution in [0.1, 0.15) is 27.2 Å². The Morgan fingerprint density at radius 2 is 2.05 bits per heavy atom. The highest BCUT2D eigenvalue weighted by molar-refractivity contribution is 5.87. The quantitative estimate of drug-likeness (QED) is 0.780. The van der Waals surface area contributed by atoms with Crippen LogP contribution in [0.5, 0.6) is 0 Å². The second-order valence-corrected chi connectivity index (χ2v) is 5.19. The molecule has 1 rings (SSSR count). The molecule has 0 aromatic rings. The van der Waals surface area contributed by atoms with Crippen molar-refractivity contribution in [2.45, 2.75) is 39.3 Å². The first-order valence-corrected chi connectivity index (χ1v) is 6.84. The monoisotopic (exact) mass is 285 g/mol. The Bertz CT molecular complexity index is 399. The molecule has 7 heteroatoms. The van der Waals surface area contributed by atoms with E-state index < -0.39 is 17.9 Å². The number of nitrogens with one attached hydrogen (secondary N) is 1. The largest absolute Gasteiger partial charge is 0.481 e. The molecule has 1 saturated heterocycles. The summed E-state index contributed by atoms with van der Waals surface area (Å²) in [7, 11) is 1.67. The third kappa shape index (κ3) is 3.40. The minimum absolute atomic E-state index is 0.164. The fraction of sp³-hybridized carbons (Fsp3) is 0.769. The maximum absolute atomic E-state index is 12.1. The lowest BCUT2D eigenvalue weighted by atomic mass is 10.0. The average Bonchev–Trinajstić information content (AvgIpc) is 2.78. The Balaban J connectivity index is 2.60. The van der Waals surface area contributed by atoms with Crippen LogP contribution in [0.3, 0.4) is 0 Å². The van der Waals surface area contributed by atoms with Crippen molar-refractivity contribution in [3.05, 3.63) is 0 Å². The number of hydrogen-bond donors (Lipinski definition) is 2. The van der Waals surface area contributed by atoms with Crippen molar-refractivity contribution in [1.82, 2.24) is 15.1 Å². The van der Waals surface area contributed by atoms with E-state index in [4.69, 9.17) is 5.11 Å². The molecule has 0 aliphatic carbocycles. The Kier molecular flexibility index (Phi) is 5.35. The number of rotatable bonds is 4. The lowest BCUT2D eigenvalue weighted by Crippen LogP contribution is -2.51. The predicted octanol–water partition coefficient (Wildman–Crippen LogP) is 0.358. The first kappa shape index (κ1) is 16.3. The zero-order chi connectivity index (χ0) is 15.4. The van der Waals surface area contributed by atoms with Gasteiger partial charge in [-0.3, -0.25) is 9.59 Å². The normalized spacial score (nSPS) is 23.3. The van der Waals surface area contributed by atoms with Crippen molar-refractivity contribution in [2.75, 3.05) is 20.1 Å². The van der Waals surface area contributed by atoms with Gasteiger partial charge in [-0.25, -0.2) is 4.79 Å². The molecule has 0 aromatic carbocycles. The van der Waals surface area contributed by atoms with E-state index in [1.54, 1.807) is 20.9 Å². The van der Waals surface area contributed by atoms with Gasteiger partial charge in [0.15, 0.2) is 0 Å². The van der Waals surface area contributed by atoms with Gasteiger partial charge in [0.2, 0.25) is 5.91 Å². The summed E-state index contributed by atoms with van der Waals surface area (Å²) in [4.78, 5) is 38.0. The lowest BCUT2D eigenvalue weighted by molar-refractivity contribution is -0.142. The minimum atomic E-state index is -0.886. The van der Waals surface area contributed by atoms with Gasteiger partial charge in [-0.2, -0.15) is 0 Å². The summed E-state index contributed by atoms with van der Waals surface area (Å²) in [5, 5.41) is 11.7. The fourth-order valence-electron chi connectivity index (χ4n) is 2.37. The standard InChI is InChI=1S/C13H23N3O4/c1-5-15(4)11(17)8(2)14-13(20)16-7-6-10(9(16)3)12(18)19/h8-10H,5-7H2,1-4H3,(H,14,20)(H,18,19). The van der Waals surface area contributed by atoms with Crippen LogP contribution in [0.25, 0.3) is 0 Å². The molecule has 3 amide bonds. The zero-order valence-electron chi connectivity index (χ0n) is 12.4. The van der Waals surface area contributed by atoms with Crippen molar-refractivity contribution in [3.63, 3.8) is 0 Å². The number of likely N-dealkylation sites (N-methyl/N-ethyl adjacent to an activating group) is 1. The lowest BCUT2D eigenvalue weighted by Gasteiger charge is -2.26. The smallest absolute Gasteiger partial charge is 0.318 e. The maximum Gasteiger partial charge on any atom is 0.318 e. The third-order valence-electron chi connectivity index (χ3n) is 3.89. The van der Waals surface area contributed by atoms with Crippen LogP contribution in [-0.2, 0) is 9.59 Å². The molecule has 0 spiro atoms. The molecule has 114 valence electrons. The third-order valence-corrected chi connectivity index (χ3v) is 3.89. The SMILES string of the molecule is CCN(C)C(=O)C(C)NC(=O)N1CCC(C(=O)O)C1C. The van der Waals surface area contributed by atoms with Gasteiger partial charge in [-0.1, -0.05) is 0 Å². The Morgan fingerprint density at radius 3 is 2.50 bits per heavy atom. The fourth-order valence-corrected chi connectivity index (χ4v) is 2.37. The van der Waals surface area contributed by atoms with Crippen molar-refractivity contribution in [2.24, 2.45) is 5.92 Å². The van der Waals surface area contributed by atoms with Crippen LogP contribution >= 0.6 is 0 Å². The minimum Gasteiger partial charge on any atom is -0.481 e. The molecule has 0 radical (unpaired) electrons. The van der Waals surface area contributed by atoms with Crippen LogP contribution in [0.15, 0.2) is 0 Å². The van der Waals surface area contributed by atoms with Gasteiger partial charge >= 0.3 is 12.0 Å². The highest BCUT2D eigenvalue weighted by atomic mass is 16.4. The Labute approximate surface area is 118 Å². The molecule has 2 N–H and O–H groups in total. The molecule has 1 fully saturated rings. The van der Waals surface area contributed by atoms with Crippen molar-refractivity contribution in [3.8, 4) is 0 Å². The van der Waals surface area contributed by atoms with Gasteiger partial charge in [-0.05, 0) is 27.2 Å². The molecule has 7 nitrogen and oxygen atoms in total. The van der Waals surface area contributed by atoms with Crippen molar-refractivity contribution in [1.29, 1.82) is 0 Å². The van der Waals surface area contributed by atoms with Gasteiger partial charge in [0.1, 0.15) is 6.04 Å². The number of urea groups is 1. The van der Waals surface area contributed by atoms with Crippen LogP contribution in [-0.4, -0.2) is 65.0 Å². The highest BCUT2D eigenvalue weighted by Crippen LogP contribution is 2.24. The number of likely N-dealkylation sites (tertiary alicyclic amines) is 1. The van der Waals surface area contributed by atoms with Gasteiger partial charge in [0, 0.05) is 26.2 Å². The molecular weight excluding hydrogens is 262 g/mol. The number of carboxylic acid groups (broad SMARTS) is 1. The summed E-state index contributed by atoms with van der Waals surface area (Å²) in [6, 6.07) is -1.37. The van der Waals surface area contributed by atoms with Crippen LogP contribution in [0.4, 0.5) is 4.79 Å². The first-order valence-electron chi connectivity index (χ1n) is 6.84. The first-order chi connectivity index (χ1) is 9.29. The molecule has 0 bridgehead atoms. The number of carboxylic acids is 1. The average molecular weight is 285 g/mol. The maximum atomic E-state index is 12.1. The summed E-state index contributed by atoms with van der Waals surface area (Å²) in [6.07, 6.45) is 0.446. The second kappa shape index (κ2) is 6.58. The van der Waals surface area contributed by atoms with E-state index in [0.29, 0.717) is 19.5 Å². The van der Waals surface area contributed by atoms with E-state index in [2.05, 4.69) is 5.32 Å². The predicted molar refractivity (Wildman–Crippen MR) is 73.2 cm³/mol. The number of nitrogens with zero attached hydrogens (tertiary/aromatic N) is 2. The van der Waals surface area contributed by atoms with E-state index in [-0.39, 0.29) is 18.0 Å². The van der Waals surface area contributed by atoms with E-state index in [0.717, 1.165) is 0 Å². The van der Waals surface area contributed by atoms with E-state index in [1.807, 2.05) is 6.92 Å². The van der Waals surface area contributed by atoms with Gasteiger partial charge in [0.05, 0.1) is 5.92 Å². The summed E-state index contributed by atoms with van der Waals surface area (Å²) in [6.45, 7) is 6.17. The summed E-state index contributed by atoms with van der Waals surface area (Å²) >= 11 is 0. The number of carbonyl (C=O) groups excluding carboxylic acids is 2. The van der Waals surface area contributed by atoms with Gasteiger partial charge < -0.3 is 20.2 Å². The molecule has 1 aliphatic rings. The Morgan fingerprint density at radius 1 is 1.45 bits per heavy atom. The second-order valence-electron chi connectivity index (χ2n) is 5.19. The van der Waals surface area contributed by atoms with Gasteiger partial charge in [0.25, 0.3) is 0 Å². The van der Waals surface area contributed by atoms with Crippen LogP contribution in [0.2, 0.25) is 0 Å². The number of amides is 3. The van der Waals surface area contributed by atoms with E-state index in [1.165, 1.54) is 9.80 Å². The summed E-state index contributed by atoms with van der Waals surface area (Å²) in [5.74, 6) is -1.59. The van der Waals surface area contributed by atoms with Crippen LogP contribution < -0.4 is 5.32 Å². The molecule has 3 unspecified atom stereocenters. The number of hydrogen-bond acceptors (Lipinski definition) is 3. The van der Waals surface area contributed by atoms with Crippen LogP contribution in [0, 0.1) is 5.92 Å². The number of aliphatic carboxylic acids is 1. The summed E-state index contributed by atoms with van der Waals surface area (Å²) in [5.41, 5.74) is 0. The molecule has 1 aliphatic heterocycles. The molecule has 3 atom stereocenters. The van der Waals surface area contributed by atoms with Gasteiger partial charge in [-0.15, -0.1) is 0 Å². The zero-order valence-corrected chi connectivity index (χ0v) is 12.4. The van der Waals surface area contributed by atoms with E-state index >= 15 is 0 Å². The van der Waals surface area contributed by atoms with Crippen molar-refractivity contribution >= 4 is 17.9 Å².